The first-order valence-corrected chi connectivity index (χ1v) is 11.3. The number of aliphatic hydroxyl groups is 1. The highest BCUT2D eigenvalue weighted by molar-refractivity contribution is 6.30. The van der Waals surface area contributed by atoms with Crippen molar-refractivity contribution in [3.05, 3.63) is 69.0 Å². The van der Waals surface area contributed by atoms with Crippen molar-refractivity contribution in [2.75, 3.05) is 13.2 Å². The Morgan fingerprint density at radius 1 is 1.21 bits per heavy atom. The average Bonchev–Trinajstić information content (AvgIpc) is 2.82. The molecule has 1 aliphatic rings. The molecule has 1 fully saturated rings. The zero-order valence-electron chi connectivity index (χ0n) is 17.9. The van der Waals surface area contributed by atoms with Crippen molar-refractivity contribution in [2.24, 2.45) is 11.8 Å². The molecule has 0 atom stereocenters. The predicted molar refractivity (Wildman–Crippen MR) is 123 cm³/mol. The van der Waals surface area contributed by atoms with Gasteiger partial charge >= 0.3 is 0 Å². The largest absolute Gasteiger partial charge is 0.489 e. The Hall–Kier alpha value is -2.97. The minimum atomic E-state index is -0.656. The SMILES string of the molecule is O=C(NCc1cccc(Cl)c1)c1nc2ccc(F)c(OCC3CCC(CO)CC3)c2c(=O)[nH]1. The summed E-state index contributed by atoms with van der Waals surface area (Å²) in [6.07, 6.45) is 3.56. The van der Waals surface area contributed by atoms with Crippen LogP contribution in [-0.2, 0) is 6.54 Å². The predicted octanol–water partition coefficient (Wildman–Crippen LogP) is 3.82. The number of nitrogens with zero attached hydrogens (tertiary/aromatic N) is 1. The normalized spacial score (nSPS) is 18.3. The summed E-state index contributed by atoms with van der Waals surface area (Å²) < 4.78 is 20.3. The summed E-state index contributed by atoms with van der Waals surface area (Å²) in [5.74, 6) is -1.01. The van der Waals surface area contributed by atoms with E-state index in [2.05, 4.69) is 15.3 Å². The van der Waals surface area contributed by atoms with E-state index in [0.717, 1.165) is 31.2 Å². The fraction of sp³-hybridized carbons (Fsp3) is 0.375. The number of H-pyrrole nitrogens is 1. The number of halogens is 2. The number of nitrogens with one attached hydrogen (secondary N) is 2. The summed E-state index contributed by atoms with van der Waals surface area (Å²) in [6, 6.07) is 9.57. The lowest BCUT2D eigenvalue weighted by molar-refractivity contribution is 0.0940. The van der Waals surface area contributed by atoms with Crippen molar-refractivity contribution >= 4 is 28.4 Å². The second kappa shape index (κ2) is 10.3. The van der Waals surface area contributed by atoms with Crippen LogP contribution in [0.2, 0.25) is 5.02 Å². The molecule has 3 aromatic rings. The third-order valence-corrected chi connectivity index (χ3v) is 6.26. The Labute approximate surface area is 195 Å². The van der Waals surface area contributed by atoms with Crippen molar-refractivity contribution in [1.82, 2.24) is 15.3 Å². The van der Waals surface area contributed by atoms with Crippen LogP contribution in [0.5, 0.6) is 5.75 Å². The van der Waals surface area contributed by atoms with Crippen LogP contribution >= 0.6 is 11.6 Å². The molecule has 1 aliphatic carbocycles. The molecule has 0 aliphatic heterocycles. The lowest BCUT2D eigenvalue weighted by atomic mass is 9.83. The molecule has 1 saturated carbocycles. The third-order valence-electron chi connectivity index (χ3n) is 6.02. The first-order chi connectivity index (χ1) is 15.9. The minimum absolute atomic E-state index is 0.0227. The van der Waals surface area contributed by atoms with Crippen LogP contribution in [0, 0.1) is 17.7 Å². The summed E-state index contributed by atoms with van der Waals surface area (Å²) in [6.45, 7) is 0.661. The van der Waals surface area contributed by atoms with E-state index in [4.69, 9.17) is 16.3 Å². The van der Waals surface area contributed by atoms with Gasteiger partial charge in [0.1, 0.15) is 5.39 Å². The van der Waals surface area contributed by atoms with Crippen LogP contribution in [0.1, 0.15) is 41.9 Å². The van der Waals surface area contributed by atoms with E-state index in [1.807, 2.05) is 6.07 Å². The number of aromatic amines is 1. The maximum absolute atomic E-state index is 14.5. The number of benzene rings is 2. The molecule has 1 heterocycles. The van der Waals surface area contributed by atoms with Crippen LogP contribution in [0.3, 0.4) is 0 Å². The Balaban J connectivity index is 1.50. The second-order valence-corrected chi connectivity index (χ2v) is 8.81. The standard InChI is InChI=1S/C24H25ClFN3O4/c25-17-3-1-2-16(10-17)11-27-24(32)22-28-19-9-8-18(26)21(20(19)23(31)29-22)33-13-15-6-4-14(12-30)5-7-15/h1-3,8-10,14-15,30H,4-7,11-13H2,(H,27,32)(H,28,29,31). The number of hydrogen-bond donors (Lipinski definition) is 3. The third kappa shape index (κ3) is 5.51. The average molecular weight is 474 g/mol. The summed E-state index contributed by atoms with van der Waals surface area (Å²) in [7, 11) is 0. The maximum atomic E-state index is 14.5. The van der Waals surface area contributed by atoms with E-state index in [-0.39, 0.29) is 48.2 Å². The molecule has 1 aromatic heterocycles. The first kappa shape index (κ1) is 23.2. The molecule has 1 amide bonds. The van der Waals surface area contributed by atoms with Gasteiger partial charge in [0.15, 0.2) is 17.4 Å². The monoisotopic (exact) mass is 473 g/mol. The molecule has 0 unspecified atom stereocenters. The summed E-state index contributed by atoms with van der Waals surface area (Å²) in [5, 5.41) is 12.5. The first-order valence-electron chi connectivity index (χ1n) is 10.9. The van der Waals surface area contributed by atoms with Gasteiger partial charge in [0, 0.05) is 18.2 Å². The van der Waals surface area contributed by atoms with Gasteiger partial charge in [0.2, 0.25) is 0 Å². The summed E-state index contributed by atoms with van der Waals surface area (Å²) >= 11 is 5.95. The lowest BCUT2D eigenvalue weighted by Gasteiger charge is -2.27. The molecule has 4 rings (SSSR count). The zero-order valence-corrected chi connectivity index (χ0v) is 18.7. The van der Waals surface area contributed by atoms with Gasteiger partial charge in [-0.3, -0.25) is 9.59 Å². The van der Waals surface area contributed by atoms with Gasteiger partial charge in [-0.2, -0.15) is 0 Å². The van der Waals surface area contributed by atoms with Gasteiger partial charge in [-0.05, 0) is 67.3 Å². The van der Waals surface area contributed by atoms with Gasteiger partial charge in [-0.25, -0.2) is 9.37 Å². The molecule has 7 nitrogen and oxygen atoms in total. The van der Waals surface area contributed by atoms with Gasteiger partial charge in [0.05, 0.1) is 12.1 Å². The number of aromatic nitrogens is 2. The van der Waals surface area contributed by atoms with Crippen molar-refractivity contribution in [3.63, 3.8) is 0 Å². The summed E-state index contributed by atoms with van der Waals surface area (Å²) in [4.78, 5) is 31.9. The van der Waals surface area contributed by atoms with E-state index in [1.54, 1.807) is 18.2 Å². The van der Waals surface area contributed by atoms with Crippen LogP contribution in [0.4, 0.5) is 4.39 Å². The van der Waals surface area contributed by atoms with Crippen LogP contribution in [0.15, 0.2) is 41.2 Å². The molecule has 33 heavy (non-hydrogen) atoms. The fourth-order valence-corrected chi connectivity index (χ4v) is 4.33. The molecule has 3 N–H and O–H groups in total. The molecule has 2 aromatic carbocycles. The maximum Gasteiger partial charge on any atom is 0.287 e. The van der Waals surface area contributed by atoms with E-state index in [0.29, 0.717) is 10.9 Å². The molecule has 0 radical (unpaired) electrons. The number of rotatable bonds is 7. The highest BCUT2D eigenvalue weighted by atomic mass is 35.5. The number of carbonyl (C=O) groups excluding carboxylic acids is 1. The quantitative estimate of drug-likeness (QED) is 0.484. The Morgan fingerprint density at radius 2 is 1.97 bits per heavy atom. The second-order valence-electron chi connectivity index (χ2n) is 8.38. The van der Waals surface area contributed by atoms with Crippen molar-refractivity contribution in [2.45, 2.75) is 32.2 Å². The molecule has 0 spiro atoms. The molecule has 0 saturated heterocycles. The van der Waals surface area contributed by atoms with Crippen molar-refractivity contribution in [3.8, 4) is 5.75 Å². The molecule has 9 heteroatoms. The van der Waals surface area contributed by atoms with Gasteiger partial charge in [-0.15, -0.1) is 0 Å². The lowest BCUT2D eigenvalue weighted by Crippen LogP contribution is -2.28. The highest BCUT2D eigenvalue weighted by Gasteiger charge is 2.23. The Kier molecular flexibility index (Phi) is 7.25. The smallest absolute Gasteiger partial charge is 0.287 e. The van der Waals surface area contributed by atoms with Crippen molar-refractivity contribution < 1.29 is 19.0 Å². The zero-order chi connectivity index (χ0) is 23.4. The number of ether oxygens (including phenoxy) is 1. The van der Waals surface area contributed by atoms with E-state index < -0.39 is 17.3 Å². The van der Waals surface area contributed by atoms with Gasteiger partial charge in [0.25, 0.3) is 11.5 Å². The number of carbonyl (C=O) groups is 1. The number of aliphatic hydroxyl groups excluding tert-OH is 1. The summed E-state index contributed by atoms with van der Waals surface area (Å²) in [5.41, 5.74) is 0.322. The molecular weight excluding hydrogens is 449 g/mol. The molecular formula is C24H25ClFN3O4. The number of fused-ring (bicyclic) bond motifs is 1. The molecule has 174 valence electrons. The Bertz CT molecular complexity index is 1210. The molecule has 0 bridgehead atoms. The van der Waals surface area contributed by atoms with Crippen molar-refractivity contribution in [1.29, 1.82) is 0 Å². The van der Waals surface area contributed by atoms with E-state index in [9.17, 15) is 19.1 Å². The number of hydrogen-bond acceptors (Lipinski definition) is 5. The van der Waals surface area contributed by atoms with E-state index >= 15 is 0 Å². The fourth-order valence-electron chi connectivity index (χ4n) is 4.12. The van der Waals surface area contributed by atoms with E-state index in [1.165, 1.54) is 12.1 Å². The van der Waals surface area contributed by atoms with Gasteiger partial charge < -0.3 is 20.1 Å². The van der Waals surface area contributed by atoms with Crippen LogP contribution < -0.4 is 15.6 Å². The van der Waals surface area contributed by atoms with Crippen LogP contribution in [0.25, 0.3) is 10.9 Å². The topological polar surface area (TPSA) is 104 Å². The van der Waals surface area contributed by atoms with Crippen LogP contribution in [-0.4, -0.2) is 34.2 Å². The Morgan fingerprint density at radius 3 is 2.70 bits per heavy atom. The highest BCUT2D eigenvalue weighted by Crippen LogP contribution is 2.31. The minimum Gasteiger partial charge on any atom is -0.489 e. The van der Waals surface area contributed by atoms with Gasteiger partial charge in [-0.1, -0.05) is 23.7 Å². The number of amides is 1.